The van der Waals surface area contributed by atoms with Gasteiger partial charge in [0.2, 0.25) is 5.91 Å². The Morgan fingerprint density at radius 1 is 1.07 bits per heavy atom. The van der Waals surface area contributed by atoms with E-state index in [-0.39, 0.29) is 5.91 Å². The molecule has 27 heavy (non-hydrogen) atoms. The molecule has 4 rings (SSSR count). The van der Waals surface area contributed by atoms with Crippen LogP contribution in [0.3, 0.4) is 0 Å². The first-order chi connectivity index (χ1) is 13.0. The summed E-state index contributed by atoms with van der Waals surface area (Å²) in [5, 5.41) is 0.799. The monoisotopic (exact) mass is 359 g/mol. The Balaban J connectivity index is 1.83. The van der Waals surface area contributed by atoms with Crippen LogP contribution in [-0.4, -0.2) is 27.7 Å². The number of hydrogen-bond acceptors (Lipinski definition) is 3. The maximum Gasteiger partial charge on any atom is 0.255 e. The third kappa shape index (κ3) is 2.95. The van der Waals surface area contributed by atoms with E-state index in [0.717, 1.165) is 33.3 Å². The van der Waals surface area contributed by atoms with Gasteiger partial charge in [-0.25, -0.2) is 0 Å². The molecule has 5 nitrogen and oxygen atoms in total. The van der Waals surface area contributed by atoms with Crippen molar-refractivity contribution in [2.45, 2.75) is 32.9 Å². The van der Waals surface area contributed by atoms with Crippen molar-refractivity contribution in [1.29, 1.82) is 0 Å². The zero-order valence-electron chi connectivity index (χ0n) is 15.4. The second-order valence-corrected chi connectivity index (χ2v) is 7.11. The Kier molecular flexibility index (Phi) is 4.15. The molecule has 0 saturated heterocycles. The van der Waals surface area contributed by atoms with Gasteiger partial charge in [0.05, 0.1) is 11.1 Å². The first-order valence-electron chi connectivity index (χ1n) is 8.99. The van der Waals surface area contributed by atoms with Gasteiger partial charge in [-0.15, -0.1) is 0 Å². The molecule has 0 fully saturated rings. The number of hydrogen-bond donors (Lipinski definition) is 1. The maximum atomic E-state index is 13.5. The van der Waals surface area contributed by atoms with Gasteiger partial charge in [-0.2, -0.15) is 0 Å². The van der Waals surface area contributed by atoms with Crippen molar-refractivity contribution in [3.8, 4) is 0 Å². The first-order valence-corrected chi connectivity index (χ1v) is 8.99. The third-order valence-corrected chi connectivity index (χ3v) is 5.24. The predicted molar refractivity (Wildman–Crippen MR) is 104 cm³/mol. The van der Waals surface area contributed by atoms with Gasteiger partial charge in [0.1, 0.15) is 6.04 Å². The quantitative estimate of drug-likeness (QED) is 0.764. The molecule has 1 aromatic heterocycles. The molecular formula is C22H21N3O2. The van der Waals surface area contributed by atoms with E-state index >= 15 is 0 Å². The van der Waals surface area contributed by atoms with Crippen molar-refractivity contribution in [3.63, 3.8) is 0 Å². The number of pyridine rings is 1. The molecule has 1 aliphatic rings. The number of carbonyl (C=O) groups excluding carboxylic acids is 2. The van der Waals surface area contributed by atoms with Crippen molar-refractivity contribution in [2.24, 2.45) is 5.73 Å². The van der Waals surface area contributed by atoms with Crippen LogP contribution in [-0.2, 0) is 17.8 Å². The van der Waals surface area contributed by atoms with Gasteiger partial charge >= 0.3 is 0 Å². The summed E-state index contributed by atoms with van der Waals surface area (Å²) in [5.74, 6) is -0.668. The minimum absolute atomic E-state index is 0.186. The Hall–Kier alpha value is -3.21. The van der Waals surface area contributed by atoms with Gasteiger partial charge in [-0.05, 0) is 36.6 Å². The molecule has 2 heterocycles. The Morgan fingerprint density at radius 2 is 1.81 bits per heavy atom. The van der Waals surface area contributed by atoms with E-state index in [2.05, 4.69) is 4.98 Å². The van der Waals surface area contributed by atoms with Crippen LogP contribution in [0.15, 0.2) is 48.5 Å². The van der Waals surface area contributed by atoms with E-state index in [1.807, 2.05) is 56.3 Å². The van der Waals surface area contributed by atoms with Gasteiger partial charge < -0.3 is 10.6 Å². The Morgan fingerprint density at radius 3 is 2.56 bits per heavy atom. The number of nitrogens with two attached hydrogens (primary N) is 1. The lowest BCUT2D eigenvalue weighted by Gasteiger charge is -2.35. The van der Waals surface area contributed by atoms with E-state index < -0.39 is 11.9 Å². The summed E-state index contributed by atoms with van der Waals surface area (Å²) in [6.07, 6.45) is 0.443. The van der Waals surface area contributed by atoms with Crippen LogP contribution in [0.4, 0.5) is 0 Å². The highest BCUT2D eigenvalue weighted by atomic mass is 16.2. The molecule has 2 amide bonds. The molecule has 1 aliphatic heterocycles. The molecule has 0 saturated carbocycles. The van der Waals surface area contributed by atoms with Crippen molar-refractivity contribution < 1.29 is 9.59 Å². The largest absolute Gasteiger partial charge is 0.368 e. The molecule has 0 radical (unpaired) electrons. The predicted octanol–water partition coefficient (Wildman–Crippen LogP) is 2.90. The van der Waals surface area contributed by atoms with Crippen LogP contribution in [0.25, 0.3) is 10.9 Å². The molecule has 0 spiro atoms. The van der Waals surface area contributed by atoms with Crippen molar-refractivity contribution in [2.75, 3.05) is 0 Å². The molecule has 0 bridgehead atoms. The number of nitrogens with zero attached hydrogens (tertiary/aromatic N) is 2. The summed E-state index contributed by atoms with van der Waals surface area (Å²) in [7, 11) is 0. The molecule has 2 aromatic carbocycles. The van der Waals surface area contributed by atoms with Crippen LogP contribution in [0.2, 0.25) is 0 Å². The molecule has 3 aromatic rings. The second kappa shape index (κ2) is 6.50. The maximum absolute atomic E-state index is 13.5. The standard InChI is InChI=1S/C22H21N3O2/c1-13-6-5-9-17-18(10-14(2)24-20(13)17)22(27)25-12-16-8-4-3-7-15(16)11-19(25)21(23)26/h3-10,19H,11-12H2,1-2H3,(H2,23,26)/t19-/m0/s1. The average Bonchev–Trinajstić information content (AvgIpc) is 2.66. The van der Waals surface area contributed by atoms with E-state index in [1.165, 1.54) is 0 Å². The number of rotatable bonds is 2. The fraction of sp³-hybridized carbons (Fsp3) is 0.227. The van der Waals surface area contributed by atoms with Crippen molar-refractivity contribution in [3.05, 3.63) is 76.5 Å². The number of primary amides is 1. The number of benzene rings is 2. The molecule has 2 N–H and O–H groups in total. The number of aromatic nitrogens is 1. The van der Waals surface area contributed by atoms with E-state index in [0.29, 0.717) is 18.5 Å². The normalized spacial score (nSPS) is 16.2. The number of fused-ring (bicyclic) bond motifs is 2. The molecule has 136 valence electrons. The zero-order chi connectivity index (χ0) is 19.1. The summed E-state index contributed by atoms with van der Waals surface area (Å²) in [5.41, 5.74) is 10.9. The lowest BCUT2D eigenvalue weighted by molar-refractivity contribution is -0.122. The summed E-state index contributed by atoms with van der Waals surface area (Å²) >= 11 is 0. The van der Waals surface area contributed by atoms with Gasteiger partial charge in [0.15, 0.2) is 0 Å². The molecule has 5 heteroatoms. The van der Waals surface area contributed by atoms with Gasteiger partial charge in [0.25, 0.3) is 5.91 Å². The summed E-state index contributed by atoms with van der Waals surface area (Å²) in [6.45, 7) is 4.23. The topological polar surface area (TPSA) is 76.3 Å². The summed E-state index contributed by atoms with van der Waals surface area (Å²) < 4.78 is 0. The van der Waals surface area contributed by atoms with Gasteiger partial charge in [-0.1, -0.05) is 42.5 Å². The van der Waals surface area contributed by atoms with Crippen LogP contribution in [0.1, 0.15) is 32.7 Å². The van der Waals surface area contributed by atoms with Gasteiger partial charge in [0, 0.05) is 24.0 Å². The SMILES string of the molecule is Cc1cc(C(=O)N2Cc3ccccc3C[C@H]2C(N)=O)c2cccc(C)c2n1. The Bertz CT molecular complexity index is 1070. The number of aryl methyl sites for hydroxylation is 2. The van der Waals surface area contributed by atoms with Crippen LogP contribution >= 0.6 is 0 Å². The Labute approximate surface area is 157 Å². The van der Waals surface area contributed by atoms with Crippen LogP contribution in [0.5, 0.6) is 0 Å². The van der Waals surface area contributed by atoms with E-state index in [9.17, 15) is 9.59 Å². The average molecular weight is 359 g/mol. The fourth-order valence-corrected chi connectivity index (χ4v) is 3.84. The number of amides is 2. The lowest BCUT2D eigenvalue weighted by atomic mass is 9.92. The lowest BCUT2D eigenvalue weighted by Crippen LogP contribution is -2.51. The molecule has 0 unspecified atom stereocenters. The van der Waals surface area contributed by atoms with E-state index in [4.69, 9.17) is 5.73 Å². The first kappa shape index (κ1) is 17.2. The molecular weight excluding hydrogens is 338 g/mol. The number of carbonyl (C=O) groups is 2. The smallest absolute Gasteiger partial charge is 0.255 e. The van der Waals surface area contributed by atoms with Crippen molar-refractivity contribution in [1.82, 2.24) is 9.88 Å². The van der Waals surface area contributed by atoms with E-state index in [1.54, 1.807) is 11.0 Å². The minimum Gasteiger partial charge on any atom is -0.368 e. The van der Waals surface area contributed by atoms with Gasteiger partial charge in [-0.3, -0.25) is 14.6 Å². The summed E-state index contributed by atoms with van der Waals surface area (Å²) in [4.78, 5) is 31.8. The zero-order valence-corrected chi connectivity index (χ0v) is 15.4. The molecule has 0 aliphatic carbocycles. The molecule has 1 atom stereocenters. The highest BCUT2D eigenvalue weighted by Crippen LogP contribution is 2.28. The third-order valence-electron chi connectivity index (χ3n) is 5.24. The highest BCUT2D eigenvalue weighted by molar-refractivity contribution is 6.08. The highest BCUT2D eigenvalue weighted by Gasteiger charge is 2.34. The fourth-order valence-electron chi connectivity index (χ4n) is 3.84. The van der Waals surface area contributed by atoms with Crippen molar-refractivity contribution >= 4 is 22.7 Å². The second-order valence-electron chi connectivity index (χ2n) is 7.11. The van der Waals surface area contributed by atoms with Crippen LogP contribution < -0.4 is 5.73 Å². The minimum atomic E-state index is -0.652. The number of para-hydroxylation sites is 1. The van der Waals surface area contributed by atoms with Crippen LogP contribution in [0, 0.1) is 13.8 Å². The summed E-state index contributed by atoms with van der Waals surface area (Å²) in [6, 6.07) is 14.8.